The molecule has 0 atom stereocenters. The van der Waals surface area contributed by atoms with E-state index in [9.17, 15) is 24.3 Å². The third kappa shape index (κ3) is 6.20. The van der Waals surface area contributed by atoms with Crippen LogP contribution in [0.3, 0.4) is 0 Å². The molecule has 4 heterocycles. The molecule has 0 bridgehead atoms. The molecule has 0 fully saturated rings. The number of carbonyl (C=O) groups excluding carboxylic acids is 3. The van der Waals surface area contributed by atoms with Crippen LogP contribution < -0.4 is 0 Å². The van der Waals surface area contributed by atoms with Crippen molar-refractivity contribution in [3.05, 3.63) is 83.2 Å². The molecule has 4 aromatic heterocycles. The van der Waals surface area contributed by atoms with Crippen molar-refractivity contribution in [3.8, 4) is 22.3 Å². The highest BCUT2D eigenvalue weighted by Gasteiger charge is 2.52. The second-order valence-corrected chi connectivity index (χ2v) is 13.9. The average Bonchev–Trinajstić information content (AvgIpc) is 3.64. The number of ketones is 2. The molecule has 0 amide bonds. The van der Waals surface area contributed by atoms with Crippen LogP contribution in [-0.2, 0) is 20.0 Å². The normalized spacial score (nSPS) is 12.0. The molecule has 14 heteroatoms. The number of rotatable bonds is 9. The molecule has 1 N–H and O–H groups in total. The van der Waals surface area contributed by atoms with E-state index in [1.54, 1.807) is 85.4 Å². The van der Waals surface area contributed by atoms with E-state index >= 15 is 0 Å². The van der Waals surface area contributed by atoms with E-state index in [-0.39, 0.29) is 11.4 Å². The number of aromatic nitrogens is 8. The van der Waals surface area contributed by atoms with Crippen LogP contribution >= 0.6 is 0 Å². The summed E-state index contributed by atoms with van der Waals surface area (Å²) in [5.74, 6) is -2.08. The molecule has 0 unspecified atom stereocenters. The zero-order valence-electron chi connectivity index (χ0n) is 30.4. The standard InChI is InChI=1S/C38H38N8O6/c1-19-10-25(27-15-39-23(5)40-16-27)12-29-32(21(3)47)43-45(34(19)29)38(14-31(49)50,36(51)52-37(7,8)9)46-35-20(2)11-26(28-17-41-24(6)42-18-28)13-30(35)33(44-46)22(4)48/h10-13,15-18H,14H2,1-9H3,(H,49,50). The van der Waals surface area contributed by atoms with E-state index in [4.69, 9.17) is 14.9 Å². The zero-order chi connectivity index (χ0) is 37.9. The maximum absolute atomic E-state index is 14.9. The van der Waals surface area contributed by atoms with E-state index < -0.39 is 41.2 Å². The summed E-state index contributed by atoms with van der Waals surface area (Å²) in [4.78, 5) is 71.8. The summed E-state index contributed by atoms with van der Waals surface area (Å²) in [5.41, 5.74) is 0.951. The summed E-state index contributed by atoms with van der Waals surface area (Å²) in [6.07, 6.45) is 5.73. The first-order chi connectivity index (χ1) is 24.4. The number of carboxylic acid groups (broad SMARTS) is 1. The Labute approximate surface area is 298 Å². The minimum atomic E-state index is -2.38. The van der Waals surface area contributed by atoms with E-state index in [2.05, 4.69) is 19.9 Å². The van der Waals surface area contributed by atoms with Gasteiger partial charge >= 0.3 is 11.9 Å². The molecule has 0 radical (unpaired) electrons. The predicted octanol–water partition coefficient (Wildman–Crippen LogP) is 5.96. The predicted molar refractivity (Wildman–Crippen MR) is 192 cm³/mol. The van der Waals surface area contributed by atoms with Crippen LogP contribution in [0.5, 0.6) is 0 Å². The molecule has 0 saturated carbocycles. The number of carbonyl (C=O) groups is 4. The summed E-state index contributed by atoms with van der Waals surface area (Å²) in [6.45, 7) is 14.7. The Balaban J connectivity index is 1.77. The quantitative estimate of drug-likeness (QED) is 0.138. The lowest BCUT2D eigenvalue weighted by Gasteiger charge is -2.35. The van der Waals surface area contributed by atoms with Gasteiger partial charge in [-0.05, 0) is 95.0 Å². The van der Waals surface area contributed by atoms with Crippen LogP contribution in [0, 0.1) is 27.7 Å². The SMILES string of the molecule is CC(=O)c1nn(C(CC(=O)O)(C(=O)OC(C)(C)C)n2nc(C(C)=O)c3cc(-c4cnc(C)nc4)cc(C)c32)c2c(C)cc(-c3cnc(C)nc3)cc12. The van der Waals surface area contributed by atoms with Crippen LogP contribution in [0.25, 0.3) is 44.1 Å². The highest BCUT2D eigenvalue weighted by atomic mass is 16.6. The first-order valence-electron chi connectivity index (χ1n) is 16.5. The number of fused-ring (bicyclic) bond motifs is 2. The second kappa shape index (κ2) is 12.9. The van der Waals surface area contributed by atoms with Gasteiger partial charge in [0.25, 0.3) is 5.66 Å². The van der Waals surface area contributed by atoms with Gasteiger partial charge in [-0.1, -0.05) is 0 Å². The molecule has 0 aliphatic carbocycles. The van der Waals surface area contributed by atoms with Crippen molar-refractivity contribution in [2.45, 2.75) is 80.0 Å². The number of carboxylic acids is 1. The molecule has 0 aliphatic heterocycles. The lowest BCUT2D eigenvalue weighted by molar-refractivity contribution is -0.173. The smallest absolute Gasteiger partial charge is 0.358 e. The fourth-order valence-electron chi connectivity index (χ4n) is 6.42. The molecule has 6 rings (SSSR count). The summed E-state index contributed by atoms with van der Waals surface area (Å²) >= 11 is 0. The Hall–Kier alpha value is -6.18. The number of esters is 1. The molecule has 266 valence electrons. The Kier molecular flexibility index (Phi) is 8.81. The number of hydrogen-bond donors (Lipinski definition) is 1. The van der Waals surface area contributed by atoms with Gasteiger partial charge in [-0.15, -0.1) is 0 Å². The van der Waals surface area contributed by atoms with Gasteiger partial charge in [0.15, 0.2) is 11.6 Å². The van der Waals surface area contributed by atoms with Gasteiger partial charge in [-0.3, -0.25) is 14.4 Å². The van der Waals surface area contributed by atoms with Gasteiger partial charge in [0.05, 0.1) is 11.0 Å². The first-order valence-corrected chi connectivity index (χ1v) is 16.5. The summed E-state index contributed by atoms with van der Waals surface area (Å²) in [6, 6.07) is 7.12. The molecule has 6 aromatic rings. The van der Waals surface area contributed by atoms with Crippen LogP contribution in [-0.4, -0.2) is 73.7 Å². The summed E-state index contributed by atoms with van der Waals surface area (Å²) in [7, 11) is 0. The Morgan fingerprint density at radius 1 is 0.654 bits per heavy atom. The number of Topliss-reactive ketones (excluding diaryl/α,β-unsaturated/α-hetero) is 2. The maximum atomic E-state index is 14.9. The van der Waals surface area contributed by atoms with Crippen LogP contribution in [0.4, 0.5) is 0 Å². The lowest BCUT2D eigenvalue weighted by atomic mass is 9.98. The van der Waals surface area contributed by atoms with Crippen molar-refractivity contribution < 1.29 is 29.0 Å². The van der Waals surface area contributed by atoms with Crippen molar-refractivity contribution in [2.24, 2.45) is 0 Å². The van der Waals surface area contributed by atoms with E-state index in [0.717, 1.165) is 0 Å². The minimum absolute atomic E-state index is 0.00654. The molecule has 0 saturated heterocycles. The van der Waals surface area contributed by atoms with Gasteiger partial charge in [0.2, 0.25) is 0 Å². The van der Waals surface area contributed by atoms with Crippen molar-refractivity contribution in [1.29, 1.82) is 0 Å². The largest absolute Gasteiger partial charge is 0.481 e. The summed E-state index contributed by atoms with van der Waals surface area (Å²) in [5, 5.41) is 20.8. The molecule has 0 spiro atoms. The Bertz CT molecular complexity index is 2290. The van der Waals surface area contributed by atoms with Gasteiger partial charge < -0.3 is 9.84 Å². The third-order valence-corrected chi connectivity index (χ3v) is 8.65. The Morgan fingerprint density at radius 2 is 1.04 bits per heavy atom. The molecular weight excluding hydrogens is 664 g/mol. The van der Waals surface area contributed by atoms with Crippen molar-refractivity contribution in [1.82, 2.24) is 39.5 Å². The monoisotopic (exact) mass is 702 g/mol. The fraction of sp³-hybridized carbons (Fsp3) is 0.316. The lowest BCUT2D eigenvalue weighted by Crippen LogP contribution is -2.54. The number of nitrogens with zero attached hydrogens (tertiary/aromatic N) is 8. The van der Waals surface area contributed by atoms with Crippen molar-refractivity contribution in [3.63, 3.8) is 0 Å². The van der Waals surface area contributed by atoms with Crippen molar-refractivity contribution >= 4 is 45.3 Å². The van der Waals surface area contributed by atoms with E-state index in [1.165, 1.54) is 23.2 Å². The van der Waals surface area contributed by atoms with Gasteiger partial charge in [-0.2, -0.15) is 10.2 Å². The Morgan fingerprint density at radius 3 is 1.37 bits per heavy atom. The van der Waals surface area contributed by atoms with Crippen LogP contribution in [0.2, 0.25) is 0 Å². The number of ether oxygens (including phenoxy) is 1. The fourth-order valence-corrected chi connectivity index (χ4v) is 6.42. The number of aryl methyl sites for hydroxylation is 4. The number of aliphatic carboxylic acids is 1. The van der Waals surface area contributed by atoms with E-state index in [0.29, 0.717) is 66.8 Å². The molecular formula is C38H38N8O6. The first kappa shape index (κ1) is 35.6. The molecule has 0 aliphatic rings. The van der Waals surface area contributed by atoms with Gasteiger partial charge in [-0.25, -0.2) is 34.1 Å². The van der Waals surface area contributed by atoms with Gasteiger partial charge in [0, 0.05) is 60.5 Å². The second-order valence-electron chi connectivity index (χ2n) is 13.9. The molecule has 2 aromatic carbocycles. The van der Waals surface area contributed by atoms with Crippen LogP contribution in [0.1, 0.15) is 84.8 Å². The highest BCUT2D eigenvalue weighted by molar-refractivity contribution is 6.09. The van der Waals surface area contributed by atoms with Crippen molar-refractivity contribution in [2.75, 3.05) is 0 Å². The summed E-state index contributed by atoms with van der Waals surface area (Å²) < 4.78 is 8.46. The average molecular weight is 703 g/mol. The topological polar surface area (TPSA) is 185 Å². The minimum Gasteiger partial charge on any atom is -0.481 e. The zero-order valence-corrected chi connectivity index (χ0v) is 30.4. The number of hydrogen-bond acceptors (Lipinski definition) is 11. The highest BCUT2D eigenvalue weighted by Crippen LogP contribution is 2.40. The third-order valence-electron chi connectivity index (χ3n) is 8.65. The van der Waals surface area contributed by atoms with Gasteiger partial charge in [0.1, 0.15) is 35.1 Å². The molecule has 52 heavy (non-hydrogen) atoms. The van der Waals surface area contributed by atoms with E-state index in [1.807, 2.05) is 12.1 Å². The van der Waals surface area contributed by atoms with Crippen LogP contribution in [0.15, 0.2) is 49.1 Å². The maximum Gasteiger partial charge on any atom is 0.358 e. The molecule has 14 nitrogen and oxygen atoms in total. The number of benzene rings is 2.